The second kappa shape index (κ2) is 8.47. The number of rotatable bonds is 2. The van der Waals surface area contributed by atoms with E-state index in [0.29, 0.717) is 0 Å². The van der Waals surface area contributed by atoms with Crippen LogP contribution in [0.25, 0.3) is 0 Å². The van der Waals surface area contributed by atoms with Crippen molar-refractivity contribution >= 4 is 42.1 Å². The van der Waals surface area contributed by atoms with Crippen LogP contribution in [0.4, 0.5) is 11.4 Å². The summed E-state index contributed by atoms with van der Waals surface area (Å²) < 4.78 is 0. The Morgan fingerprint density at radius 3 is 2.29 bits per heavy atom. The monoisotopic (exact) mass is 333 g/mol. The smallest absolute Gasteiger partial charge is 0.231 e. The Kier molecular flexibility index (Phi) is 8.08. The second-order valence-electron chi connectivity index (χ2n) is 5.40. The summed E-state index contributed by atoms with van der Waals surface area (Å²) in [6.07, 6.45) is 0.975. The molecule has 120 valence electrons. The van der Waals surface area contributed by atoms with Crippen molar-refractivity contribution in [1.29, 1.82) is 0 Å². The third kappa shape index (κ3) is 4.25. The molecule has 1 aromatic rings. The minimum Gasteiger partial charge on any atom is -0.373 e. The van der Waals surface area contributed by atoms with Crippen molar-refractivity contribution < 1.29 is 4.79 Å². The Labute approximate surface area is 139 Å². The van der Waals surface area contributed by atoms with E-state index in [2.05, 4.69) is 18.0 Å². The first kappa shape index (κ1) is 20.0. The molecule has 0 fully saturated rings. The Morgan fingerprint density at radius 2 is 1.71 bits per heavy atom. The molecule has 1 aliphatic rings. The molecule has 1 heterocycles. The summed E-state index contributed by atoms with van der Waals surface area (Å²) in [7, 11) is 2.07. The van der Waals surface area contributed by atoms with E-state index in [9.17, 15) is 4.79 Å². The summed E-state index contributed by atoms with van der Waals surface area (Å²) >= 11 is 0. The van der Waals surface area contributed by atoms with Crippen molar-refractivity contribution in [2.75, 3.05) is 29.9 Å². The molecule has 2 unspecified atom stereocenters. The van der Waals surface area contributed by atoms with Gasteiger partial charge in [0.25, 0.3) is 0 Å². The van der Waals surface area contributed by atoms with Crippen LogP contribution in [0.5, 0.6) is 0 Å². The van der Waals surface area contributed by atoms with E-state index in [4.69, 9.17) is 5.73 Å². The number of hydrogen-bond donors (Lipinski definition) is 1. The highest BCUT2D eigenvalue weighted by molar-refractivity contribution is 5.98. The lowest BCUT2D eigenvalue weighted by Gasteiger charge is -2.28. The molecule has 0 aromatic heterocycles. The highest BCUT2D eigenvalue weighted by Gasteiger charge is 2.28. The predicted molar refractivity (Wildman–Crippen MR) is 94.0 cm³/mol. The fraction of sp³-hybridized carbons (Fsp3) is 0.533. The number of nitrogens with two attached hydrogens (primary N) is 1. The van der Waals surface area contributed by atoms with E-state index >= 15 is 0 Å². The molecule has 1 aliphatic heterocycles. The topological polar surface area (TPSA) is 49.6 Å². The van der Waals surface area contributed by atoms with E-state index in [0.717, 1.165) is 30.9 Å². The number of halogens is 2. The van der Waals surface area contributed by atoms with E-state index in [-0.39, 0.29) is 42.7 Å². The lowest BCUT2D eigenvalue weighted by atomic mass is 10.0. The molecule has 2 rings (SSSR count). The molecule has 6 heteroatoms. The van der Waals surface area contributed by atoms with Gasteiger partial charge >= 0.3 is 0 Å². The van der Waals surface area contributed by atoms with E-state index in [1.54, 1.807) is 0 Å². The first-order chi connectivity index (χ1) is 9.02. The number of carbonyl (C=O) groups is 1. The zero-order valence-electron chi connectivity index (χ0n) is 12.8. The maximum Gasteiger partial charge on any atom is 0.231 e. The van der Waals surface area contributed by atoms with Crippen LogP contribution in [0, 0.1) is 5.92 Å². The SMILES string of the molecule is CC(N)C(C)C(=O)N1CCCN(C)c2ccccc21.Cl.Cl. The lowest BCUT2D eigenvalue weighted by molar-refractivity contribution is -0.122. The largest absolute Gasteiger partial charge is 0.373 e. The van der Waals surface area contributed by atoms with Gasteiger partial charge in [0.2, 0.25) is 5.91 Å². The summed E-state index contributed by atoms with van der Waals surface area (Å²) in [5.41, 5.74) is 7.99. The average Bonchev–Trinajstić information content (AvgIpc) is 2.57. The average molecular weight is 334 g/mol. The van der Waals surface area contributed by atoms with Crippen LogP contribution in [-0.4, -0.2) is 32.1 Å². The number of carbonyl (C=O) groups excluding carboxylic acids is 1. The van der Waals surface area contributed by atoms with E-state index < -0.39 is 0 Å². The summed E-state index contributed by atoms with van der Waals surface area (Å²) in [6, 6.07) is 7.95. The summed E-state index contributed by atoms with van der Waals surface area (Å²) in [5.74, 6) is -0.0331. The van der Waals surface area contributed by atoms with Gasteiger partial charge in [0.1, 0.15) is 0 Å². The minimum absolute atomic E-state index is 0. The molecule has 0 radical (unpaired) electrons. The third-order valence-electron chi connectivity index (χ3n) is 3.90. The van der Waals surface area contributed by atoms with Crippen molar-refractivity contribution in [3.05, 3.63) is 24.3 Å². The quantitative estimate of drug-likeness (QED) is 0.905. The molecule has 2 atom stereocenters. The zero-order chi connectivity index (χ0) is 14.0. The van der Waals surface area contributed by atoms with Crippen LogP contribution >= 0.6 is 24.8 Å². The van der Waals surface area contributed by atoms with Gasteiger partial charge in [-0.05, 0) is 25.5 Å². The second-order valence-corrected chi connectivity index (χ2v) is 5.40. The number of fused-ring (bicyclic) bond motifs is 1. The molecule has 0 saturated carbocycles. The van der Waals surface area contributed by atoms with Gasteiger partial charge in [-0.25, -0.2) is 0 Å². The van der Waals surface area contributed by atoms with Crippen LogP contribution in [-0.2, 0) is 4.79 Å². The van der Waals surface area contributed by atoms with Crippen molar-refractivity contribution in [2.45, 2.75) is 26.3 Å². The fourth-order valence-electron chi connectivity index (χ4n) is 2.42. The van der Waals surface area contributed by atoms with Gasteiger partial charge in [0.05, 0.1) is 17.3 Å². The standard InChI is InChI=1S/C15H23N3O.2ClH/c1-11(12(2)16)15(19)18-10-6-9-17(3)13-7-4-5-8-14(13)18;;/h4-5,7-8,11-12H,6,9-10,16H2,1-3H3;2*1H. The maximum absolute atomic E-state index is 12.6. The molecule has 21 heavy (non-hydrogen) atoms. The van der Waals surface area contributed by atoms with Gasteiger partial charge in [-0.3, -0.25) is 4.79 Å². The van der Waals surface area contributed by atoms with Crippen LogP contribution in [0.3, 0.4) is 0 Å². The third-order valence-corrected chi connectivity index (χ3v) is 3.90. The zero-order valence-corrected chi connectivity index (χ0v) is 14.4. The fourth-order valence-corrected chi connectivity index (χ4v) is 2.42. The molecule has 0 aliphatic carbocycles. The number of amides is 1. The molecule has 1 aromatic carbocycles. The summed E-state index contributed by atoms with van der Waals surface area (Å²) in [4.78, 5) is 16.7. The lowest BCUT2D eigenvalue weighted by Crippen LogP contribution is -2.42. The van der Waals surface area contributed by atoms with Crippen molar-refractivity contribution in [3.8, 4) is 0 Å². The number of hydrogen-bond acceptors (Lipinski definition) is 3. The van der Waals surface area contributed by atoms with Crippen molar-refractivity contribution in [2.24, 2.45) is 11.7 Å². The van der Waals surface area contributed by atoms with Crippen LogP contribution < -0.4 is 15.5 Å². The van der Waals surface area contributed by atoms with Crippen LogP contribution in [0.1, 0.15) is 20.3 Å². The minimum atomic E-state index is -0.156. The summed E-state index contributed by atoms with van der Waals surface area (Å²) in [6.45, 7) is 5.52. The van der Waals surface area contributed by atoms with Gasteiger partial charge < -0.3 is 15.5 Å². The van der Waals surface area contributed by atoms with Crippen LogP contribution in [0.15, 0.2) is 24.3 Å². The van der Waals surface area contributed by atoms with Gasteiger partial charge in [0, 0.05) is 26.2 Å². The molecule has 2 N–H and O–H groups in total. The molecule has 4 nitrogen and oxygen atoms in total. The normalized spacial score (nSPS) is 16.8. The molecule has 0 spiro atoms. The number of anilines is 2. The Balaban J connectivity index is 0.00000200. The van der Waals surface area contributed by atoms with E-state index in [1.165, 1.54) is 0 Å². The van der Waals surface area contributed by atoms with Crippen LogP contribution in [0.2, 0.25) is 0 Å². The van der Waals surface area contributed by atoms with Gasteiger partial charge in [0.15, 0.2) is 0 Å². The summed E-state index contributed by atoms with van der Waals surface area (Å²) in [5, 5.41) is 0. The number of para-hydroxylation sites is 2. The molecular weight excluding hydrogens is 309 g/mol. The Morgan fingerprint density at radius 1 is 1.14 bits per heavy atom. The highest BCUT2D eigenvalue weighted by atomic mass is 35.5. The number of nitrogens with zero attached hydrogens (tertiary/aromatic N) is 2. The Hall–Kier alpha value is -0.970. The molecule has 0 saturated heterocycles. The highest BCUT2D eigenvalue weighted by Crippen LogP contribution is 2.32. The van der Waals surface area contributed by atoms with Crippen molar-refractivity contribution in [3.63, 3.8) is 0 Å². The van der Waals surface area contributed by atoms with Gasteiger partial charge in [-0.15, -0.1) is 24.8 Å². The first-order valence-corrected chi connectivity index (χ1v) is 6.89. The van der Waals surface area contributed by atoms with E-state index in [1.807, 2.05) is 36.9 Å². The number of benzene rings is 1. The van der Waals surface area contributed by atoms with Gasteiger partial charge in [-0.2, -0.15) is 0 Å². The maximum atomic E-state index is 12.6. The van der Waals surface area contributed by atoms with Gasteiger partial charge in [-0.1, -0.05) is 19.1 Å². The molecule has 1 amide bonds. The van der Waals surface area contributed by atoms with Crippen molar-refractivity contribution in [1.82, 2.24) is 0 Å². The Bertz CT molecular complexity index is 468. The predicted octanol–water partition coefficient (Wildman–Crippen LogP) is 2.69. The molecular formula is C15H25Cl2N3O. The first-order valence-electron chi connectivity index (χ1n) is 6.89. The molecule has 0 bridgehead atoms.